The summed E-state index contributed by atoms with van der Waals surface area (Å²) in [5.41, 5.74) is 0. The van der Waals surface area contributed by atoms with Crippen molar-refractivity contribution < 1.29 is 10.2 Å². The first-order valence-electron chi connectivity index (χ1n) is 6.22. The Kier molecular flexibility index (Phi) is 4.13. The van der Waals surface area contributed by atoms with Crippen LogP contribution in [0.15, 0.2) is 35.2 Å². The molecule has 1 fully saturated rings. The van der Waals surface area contributed by atoms with Gasteiger partial charge in [0.1, 0.15) is 0 Å². The normalized spacial score (nSPS) is 21.6. The number of hydrogen-bond acceptors (Lipinski definition) is 3. The van der Waals surface area contributed by atoms with Gasteiger partial charge in [0.2, 0.25) is 0 Å². The predicted octanol–water partition coefficient (Wildman–Crippen LogP) is 2.83. The molecule has 2 nitrogen and oxygen atoms in total. The monoisotopic (exact) mass is 252 g/mol. The highest BCUT2D eigenvalue weighted by atomic mass is 32.2. The molecule has 1 aromatic carbocycles. The largest absolute Gasteiger partial charge is 0.393 e. The first kappa shape index (κ1) is 12.9. The number of thioether (sulfide) groups is 1. The van der Waals surface area contributed by atoms with Crippen LogP contribution in [0.25, 0.3) is 0 Å². The second-order valence-corrected chi connectivity index (χ2v) is 6.42. The summed E-state index contributed by atoms with van der Waals surface area (Å²) in [6, 6.07) is 10.2. The second kappa shape index (κ2) is 5.42. The lowest BCUT2D eigenvalue weighted by Gasteiger charge is -2.45. The number of aliphatic hydroxyl groups excluding tert-OH is 2. The minimum absolute atomic E-state index is 0.0711. The minimum atomic E-state index is -0.432. The van der Waals surface area contributed by atoms with Crippen molar-refractivity contribution >= 4 is 11.8 Å². The number of benzene rings is 1. The van der Waals surface area contributed by atoms with Crippen LogP contribution in [0.2, 0.25) is 0 Å². The Labute approximate surface area is 107 Å². The van der Waals surface area contributed by atoms with E-state index in [2.05, 4.69) is 12.1 Å². The SMILES string of the molecule is C[C@@H](O)C[C@@H](O)C1(Sc2ccccc2)CCC1. The second-order valence-electron chi connectivity index (χ2n) is 4.93. The number of aliphatic hydroxyl groups is 2. The van der Waals surface area contributed by atoms with Crippen molar-refractivity contribution in [3.05, 3.63) is 30.3 Å². The molecule has 0 bridgehead atoms. The third kappa shape index (κ3) is 3.03. The Balaban J connectivity index is 2.04. The Morgan fingerprint density at radius 2 is 1.88 bits per heavy atom. The molecule has 2 N–H and O–H groups in total. The minimum Gasteiger partial charge on any atom is -0.393 e. The summed E-state index contributed by atoms with van der Waals surface area (Å²) < 4.78 is -0.0711. The molecule has 1 saturated carbocycles. The van der Waals surface area contributed by atoms with E-state index in [1.54, 1.807) is 18.7 Å². The lowest BCUT2D eigenvalue weighted by atomic mass is 9.78. The molecule has 0 saturated heterocycles. The summed E-state index contributed by atoms with van der Waals surface area (Å²) >= 11 is 1.77. The van der Waals surface area contributed by atoms with E-state index in [1.165, 1.54) is 11.3 Å². The highest BCUT2D eigenvalue weighted by Gasteiger charge is 2.44. The lowest BCUT2D eigenvalue weighted by molar-refractivity contribution is 0.0392. The molecule has 0 radical (unpaired) electrons. The van der Waals surface area contributed by atoms with Crippen LogP contribution in [0.4, 0.5) is 0 Å². The molecule has 2 rings (SSSR count). The summed E-state index contributed by atoms with van der Waals surface area (Å²) in [7, 11) is 0. The van der Waals surface area contributed by atoms with Crippen molar-refractivity contribution in [2.75, 3.05) is 0 Å². The third-order valence-electron chi connectivity index (χ3n) is 3.44. The van der Waals surface area contributed by atoms with Crippen molar-refractivity contribution in [2.24, 2.45) is 0 Å². The van der Waals surface area contributed by atoms with Crippen LogP contribution in [0.1, 0.15) is 32.6 Å². The van der Waals surface area contributed by atoms with Crippen LogP contribution in [0.3, 0.4) is 0 Å². The fraction of sp³-hybridized carbons (Fsp3) is 0.571. The molecule has 1 aliphatic carbocycles. The zero-order chi connectivity index (χ0) is 12.3. The summed E-state index contributed by atoms with van der Waals surface area (Å²) in [5.74, 6) is 0. The molecule has 1 aliphatic rings. The Hall–Kier alpha value is -0.510. The molecule has 0 heterocycles. The van der Waals surface area contributed by atoms with E-state index in [0.29, 0.717) is 6.42 Å². The van der Waals surface area contributed by atoms with Crippen molar-refractivity contribution in [2.45, 2.75) is 54.5 Å². The predicted molar refractivity (Wildman–Crippen MR) is 71.2 cm³/mol. The maximum atomic E-state index is 10.3. The van der Waals surface area contributed by atoms with Crippen LogP contribution in [0.5, 0.6) is 0 Å². The summed E-state index contributed by atoms with van der Waals surface area (Å²) in [6.07, 6.45) is 2.89. The molecule has 2 atom stereocenters. The highest BCUT2D eigenvalue weighted by molar-refractivity contribution is 8.00. The fourth-order valence-corrected chi connectivity index (χ4v) is 3.78. The zero-order valence-corrected chi connectivity index (χ0v) is 11.0. The van der Waals surface area contributed by atoms with E-state index in [4.69, 9.17) is 0 Å². The standard InChI is InChI=1S/C14H20O2S/c1-11(15)10-13(16)14(8-5-9-14)17-12-6-3-2-4-7-12/h2-4,6-7,11,13,15-16H,5,8-10H2,1H3/t11-,13-/m1/s1. The molecule has 1 aromatic rings. The Morgan fingerprint density at radius 3 is 2.35 bits per heavy atom. The molecule has 17 heavy (non-hydrogen) atoms. The lowest BCUT2D eigenvalue weighted by Crippen LogP contribution is -2.46. The van der Waals surface area contributed by atoms with Gasteiger partial charge in [-0.15, -0.1) is 11.8 Å². The summed E-state index contributed by atoms with van der Waals surface area (Å²) in [4.78, 5) is 1.21. The van der Waals surface area contributed by atoms with Crippen LogP contribution < -0.4 is 0 Å². The van der Waals surface area contributed by atoms with Gasteiger partial charge in [0.05, 0.1) is 12.2 Å². The molecular formula is C14H20O2S. The average Bonchev–Trinajstić information content (AvgIpc) is 2.23. The fourth-order valence-electron chi connectivity index (χ4n) is 2.29. The summed E-state index contributed by atoms with van der Waals surface area (Å²) in [5, 5.41) is 19.7. The Morgan fingerprint density at radius 1 is 1.24 bits per heavy atom. The summed E-state index contributed by atoms with van der Waals surface area (Å²) in [6.45, 7) is 1.74. The van der Waals surface area contributed by atoms with Crippen molar-refractivity contribution in [3.63, 3.8) is 0 Å². The molecule has 0 spiro atoms. The van der Waals surface area contributed by atoms with Gasteiger partial charge in [0.15, 0.2) is 0 Å². The average molecular weight is 252 g/mol. The molecule has 0 aliphatic heterocycles. The first-order valence-corrected chi connectivity index (χ1v) is 7.04. The van der Waals surface area contributed by atoms with E-state index in [0.717, 1.165) is 12.8 Å². The van der Waals surface area contributed by atoms with Gasteiger partial charge in [-0.1, -0.05) is 24.6 Å². The van der Waals surface area contributed by atoms with E-state index in [9.17, 15) is 10.2 Å². The Bertz CT molecular complexity index is 346. The van der Waals surface area contributed by atoms with Crippen LogP contribution in [-0.4, -0.2) is 27.2 Å². The van der Waals surface area contributed by atoms with Gasteiger partial charge in [-0.05, 0) is 31.9 Å². The van der Waals surface area contributed by atoms with Gasteiger partial charge in [-0.3, -0.25) is 0 Å². The van der Waals surface area contributed by atoms with Gasteiger partial charge < -0.3 is 10.2 Å². The smallest absolute Gasteiger partial charge is 0.0714 e. The van der Waals surface area contributed by atoms with Gasteiger partial charge in [0, 0.05) is 16.1 Å². The van der Waals surface area contributed by atoms with Crippen LogP contribution in [-0.2, 0) is 0 Å². The zero-order valence-electron chi connectivity index (χ0n) is 10.2. The van der Waals surface area contributed by atoms with Crippen LogP contribution in [0, 0.1) is 0 Å². The highest BCUT2D eigenvalue weighted by Crippen LogP contribution is 2.50. The third-order valence-corrected chi connectivity index (χ3v) is 5.03. The molecular weight excluding hydrogens is 232 g/mol. The maximum Gasteiger partial charge on any atom is 0.0714 e. The van der Waals surface area contributed by atoms with Crippen molar-refractivity contribution in [1.29, 1.82) is 0 Å². The van der Waals surface area contributed by atoms with E-state index < -0.39 is 12.2 Å². The van der Waals surface area contributed by atoms with E-state index in [-0.39, 0.29) is 4.75 Å². The van der Waals surface area contributed by atoms with E-state index >= 15 is 0 Å². The molecule has 0 amide bonds. The maximum absolute atomic E-state index is 10.3. The van der Waals surface area contributed by atoms with Crippen molar-refractivity contribution in [3.8, 4) is 0 Å². The van der Waals surface area contributed by atoms with Gasteiger partial charge in [-0.25, -0.2) is 0 Å². The topological polar surface area (TPSA) is 40.5 Å². The van der Waals surface area contributed by atoms with Gasteiger partial charge in [-0.2, -0.15) is 0 Å². The molecule has 94 valence electrons. The molecule has 0 unspecified atom stereocenters. The first-order chi connectivity index (χ1) is 8.12. The molecule has 3 heteroatoms. The van der Waals surface area contributed by atoms with Crippen LogP contribution >= 0.6 is 11.8 Å². The van der Waals surface area contributed by atoms with Gasteiger partial charge in [0.25, 0.3) is 0 Å². The van der Waals surface area contributed by atoms with Gasteiger partial charge >= 0.3 is 0 Å². The van der Waals surface area contributed by atoms with E-state index in [1.807, 2.05) is 18.2 Å². The molecule has 0 aromatic heterocycles. The van der Waals surface area contributed by atoms with Crippen molar-refractivity contribution in [1.82, 2.24) is 0 Å². The number of rotatable bonds is 5. The quantitative estimate of drug-likeness (QED) is 0.846. The number of hydrogen-bond donors (Lipinski definition) is 2.